The van der Waals surface area contributed by atoms with Crippen LogP contribution < -0.4 is 15.7 Å². The van der Waals surface area contributed by atoms with Crippen LogP contribution in [0.3, 0.4) is 0 Å². The van der Waals surface area contributed by atoms with Gasteiger partial charge < -0.3 is 10.6 Å². The van der Waals surface area contributed by atoms with E-state index in [1.165, 1.54) is 38.5 Å². The Hall–Kier alpha value is -2.97. The molecule has 0 fully saturated rings. The number of hydrogen-bond donors (Lipinski definition) is 2. The van der Waals surface area contributed by atoms with E-state index in [4.69, 9.17) is 16.4 Å². The Morgan fingerprint density at radius 3 is 2.48 bits per heavy atom. The summed E-state index contributed by atoms with van der Waals surface area (Å²) in [6.07, 6.45) is -0.445. The number of hydrogen-bond acceptors (Lipinski definition) is 8. The lowest BCUT2D eigenvalue weighted by Gasteiger charge is -2.22. The maximum atomic E-state index is 12.8. The summed E-state index contributed by atoms with van der Waals surface area (Å²) >= 11 is 6.37. The van der Waals surface area contributed by atoms with Crippen molar-refractivity contribution < 1.29 is 26.4 Å². The van der Waals surface area contributed by atoms with Crippen LogP contribution in [0.5, 0.6) is 0 Å². The van der Waals surface area contributed by atoms with Gasteiger partial charge in [0.25, 0.3) is 5.95 Å². The van der Waals surface area contributed by atoms with Crippen molar-refractivity contribution in [2.45, 2.75) is 42.8 Å². The maximum absolute atomic E-state index is 12.8. The molecule has 2 N–H and O–H groups in total. The Balaban J connectivity index is 1.58. The fourth-order valence-corrected chi connectivity index (χ4v) is 5.63. The molecular formula is C26H30ClF3N6O3S. The molecule has 3 aromatic rings. The zero-order valence-corrected chi connectivity index (χ0v) is 23.7. The molecule has 40 heavy (non-hydrogen) atoms. The Bertz CT molecular complexity index is 1460. The molecule has 216 valence electrons. The lowest BCUT2D eigenvalue weighted by atomic mass is 10.0. The molecule has 9 nitrogen and oxygen atoms in total. The highest BCUT2D eigenvalue weighted by Crippen LogP contribution is 2.33. The van der Waals surface area contributed by atoms with Gasteiger partial charge >= 0.3 is 6.18 Å². The number of rotatable bonds is 9. The Morgan fingerprint density at radius 1 is 1.10 bits per heavy atom. The van der Waals surface area contributed by atoms with E-state index in [0.29, 0.717) is 31.4 Å². The molecule has 1 unspecified atom stereocenters. The molecule has 1 aromatic heterocycles. The maximum Gasteiger partial charge on any atom is 0.401 e. The van der Waals surface area contributed by atoms with Crippen molar-refractivity contribution in [1.82, 2.24) is 19.6 Å². The number of benzene rings is 2. The molecule has 0 aliphatic heterocycles. The number of aryl methyl sites for hydroxylation is 2. The first-order chi connectivity index (χ1) is 18.9. The largest absolute Gasteiger partial charge is 0.401 e. The number of para-hydroxylation sites is 1. The van der Waals surface area contributed by atoms with Crippen LogP contribution in [0.25, 0.3) is 0 Å². The van der Waals surface area contributed by atoms with E-state index in [2.05, 4.69) is 20.6 Å². The standard InChI is InChI=1S/C26H30ClF3N6O3S/c1-35(2)40(37,38)23-7-5-4-6-22(23)33-24-21(27)15-31-25(34-24)36(39-3)20-13-10-17-8-11-19(12-9-18(17)14-20)32-16-26(28,29)30/h4-7,10,13-15,19,32H,8-9,11-12,16H2,1-3H3,(H,31,33,34). The predicted molar refractivity (Wildman–Crippen MR) is 148 cm³/mol. The van der Waals surface area contributed by atoms with Crippen LogP contribution in [0.15, 0.2) is 53.6 Å². The van der Waals surface area contributed by atoms with Gasteiger partial charge in [0.15, 0.2) is 5.82 Å². The van der Waals surface area contributed by atoms with Crippen LogP contribution in [0.2, 0.25) is 5.02 Å². The summed E-state index contributed by atoms with van der Waals surface area (Å²) in [5.74, 6) is 0.309. The fourth-order valence-electron chi connectivity index (χ4n) is 4.45. The van der Waals surface area contributed by atoms with Crippen molar-refractivity contribution >= 4 is 44.8 Å². The summed E-state index contributed by atoms with van der Waals surface area (Å²) in [6.45, 7) is -1.01. The summed E-state index contributed by atoms with van der Waals surface area (Å²) in [5.41, 5.74) is 2.97. The SMILES string of the molecule is CON(c1ccc2c(c1)CCC(NCC(F)(F)F)CC2)c1ncc(Cl)c(Nc2ccccc2S(=O)(=O)N(C)C)n1. The molecule has 0 bridgehead atoms. The van der Waals surface area contributed by atoms with Crippen LogP contribution >= 0.6 is 11.6 Å². The number of halogens is 4. The number of nitrogens with one attached hydrogen (secondary N) is 2. The molecule has 1 aliphatic rings. The molecule has 0 saturated carbocycles. The molecule has 1 atom stereocenters. The number of fused-ring (bicyclic) bond motifs is 1. The van der Waals surface area contributed by atoms with Crippen molar-refractivity contribution in [2.75, 3.05) is 38.1 Å². The smallest absolute Gasteiger partial charge is 0.338 e. The topological polar surface area (TPSA) is 99.7 Å². The number of anilines is 4. The van der Waals surface area contributed by atoms with Crippen molar-refractivity contribution in [3.05, 3.63) is 64.8 Å². The van der Waals surface area contributed by atoms with Gasteiger partial charge in [-0.3, -0.25) is 4.84 Å². The second kappa shape index (κ2) is 12.3. The van der Waals surface area contributed by atoms with Gasteiger partial charge in [-0.15, -0.1) is 0 Å². The molecule has 4 rings (SSSR count). The highest BCUT2D eigenvalue weighted by molar-refractivity contribution is 7.89. The lowest BCUT2D eigenvalue weighted by Crippen LogP contribution is -2.37. The third-order valence-corrected chi connectivity index (χ3v) is 8.68. The third-order valence-electron chi connectivity index (χ3n) is 6.53. The van der Waals surface area contributed by atoms with Gasteiger partial charge in [0.1, 0.15) is 9.92 Å². The molecule has 0 amide bonds. The zero-order valence-electron chi connectivity index (χ0n) is 22.2. The van der Waals surface area contributed by atoms with Crippen LogP contribution in [-0.4, -0.2) is 62.7 Å². The predicted octanol–water partition coefficient (Wildman–Crippen LogP) is 5.22. The minimum Gasteiger partial charge on any atom is -0.338 e. The Labute approximate surface area is 236 Å². The van der Waals surface area contributed by atoms with Crippen molar-refractivity contribution in [3.8, 4) is 0 Å². The van der Waals surface area contributed by atoms with E-state index in [1.54, 1.807) is 18.2 Å². The number of alkyl halides is 3. The minimum absolute atomic E-state index is 0.0496. The van der Waals surface area contributed by atoms with Crippen molar-refractivity contribution in [1.29, 1.82) is 0 Å². The normalized spacial score (nSPS) is 15.9. The van der Waals surface area contributed by atoms with Gasteiger partial charge in [0.2, 0.25) is 10.0 Å². The van der Waals surface area contributed by atoms with Gasteiger partial charge in [0.05, 0.1) is 31.2 Å². The number of aromatic nitrogens is 2. The molecule has 14 heteroatoms. The number of nitrogens with zero attached hydrogens (tertiary/aromatic N) is 4. The molecule has 2 aromatic carbocycles. The Kier molecular flexibility index (Phi) is 9.20. The Morgan fingerprint density at radius 2 is 1.80 bits per heavy atom. The average molecular weight is 599 g/mol. The van der Waals surface area contributed by atoms with Crippen LogP contribution in [0.4, 0.5) is 36.3 Å². The first-order valence-corrected chi connectivity index (χ1v) is 14.3. The zero-order chi connectivity index (χ0) is 29.1. The van der Waals surface area contributed by atoms with Gasteiger partial charge in [-0.2, -0.15) is 23.2 Å². The molecule has 1 heterocycles. The monoisotopic (exact) mass is 598 g/mol. The first kappa shape index (κ1) is 30.0. The number of sulfonamides is 1. The van der Waals surface area contributed by atoms with E-state index in [1.807, 2.05) is 18.2 Å². The van der Waals surface area contributed by atoms with Gasteiger partial charge in [0, 0.05) is 20.1 Å². The van der Waals surface area contributed by atoms with Gasteiger partial charge in [-0.1, -0.05) is 29.8 Å². The second-order valence-electron chi connectivity index (χ2n) is 9.48. The minimum atomic E-state index is -4.25. The summed E-state index contributed by atoms with van der Waals surface area (Å²) in [5, 5.41) is 7.18. The average Bonchev–Trinajstić information content (AvgIpc) is 3.11. The van der Waals surface area contributed by atoms with Crippen LogP contribution in [0, 0.1) is 0 Å². The highest BCUT2D eigenvalue weighted by Gasteiger charge is 2.29. The molecule has 0 radical (unpaired) electrons. The highest BCUT2D eigenvalue weighted by atomic mass is 35.5. The molecule has 0 saturated heterocycles. The van der Waals surface area contributed by atoms with Crippen molar-refractivity contribution in [2.24, 2.45) is 0 Å². The van der Waals surface area contributed by atoms with E-state index < -0.39 is 22.7 Å². The van der Waals surface area contributed by atoms with Gasteiger partial charge in [-0.05, 0) is 61.1 Å². The summed E-state index contributed by atoms with van der Waals surface area (Å²) < 4.78 is 64.7. The summed E-state index contributed by atoms with van der Waals surface area (Å²) in [7, 11) is 0.584. The third kappa shape index (κ3) is 7.02. The van der Waals surface area contributed by atoms with E-state index in [9.17, 15) is 21.6 Å². The second-order valence-corrected chi connectivity index (χ2v) is 12.0. The molecular weight excluding hydrogens is 569 g/mol. The van der Waals surface area contributed by atoms with E-state index >= 15 is 0 Å². The summed E-state index contributed by atoms with van der Waals surface area (Å²) in [4.78, 5) is 14.4. The first-order valence-electron chi connectivity index (χ1n) is 12.5. The summed E-state index contributed by atoms with van der Waals surface area (Å²) in [6, 6.07) is 11.8. The van der Waals surface area contributed by atoms with Crippen molar-refractivity contribution in [3.63, 3.8) is 0 Å². The quantitative estimate of drug-likeness (QED) is 0.255. The van der Waals surface area contributed by atoms with Crippen LogP contribution in [-0.2, 0) is 27.7 Å². The van der Waals surface area contributed by atoms with E-state index in [-0.39, 0.29) is 33.4 Å². The van der Waals surface area contributed by atoms with E-state index in [0.717, 1.165) is 15.4 Å². The molecule has 1 aliphatic carbocycles. The van der Waals surface area contributed by atoms with Crippen LogP contribution in [0.1, 0.15) is 24.0 Å². The lowest BCUT2D eigenvalue weighted by molar-refractivity contribution is -0.126. The van der Waals surface area contributed by atoms with Gasteiger partial charge in [-0.25, -0.2) is 17.7 Å². The fraction of sp³-hybridized carbons (Fsp3) is 0.385. The molecule has 0 spiro atoms.